The number of thiazole rings is 1. The molecule has 48 heavy (non-hydrogen) atoms. The number of nitrogens with one attached hydrogen (secondary N) is 1. The fourth-order valence-corrected chi connectivity index (χ4v) is 9.22. The predicted octanol–water partition coefficient (Wildman–Crippen LogP) is 6.70. The number of amides is 3. The summed E-state index contributed by atoms with van der Waals surface area (Å²) in [6.45, 7) is 6.03. The highest BCUT2D eigenvalue weighted by Gasteiger charge is 2.57. The van der Waals surface area contributed by atoms with Crippen LogP contribution in [0.4, 0.5) is 17.1 Å². The van der Waals surface area contributed by atoms with Gasteiger partial charge in [0.25, 0.3) is 5.69 Å². The van der Waals surface area contributed by atoms with Crippen LogP contribution in [0.1, 0.15) is 42.7 Å². The van der Waals surface area contributed by atoms with E-state index in [1.807, 2.05) is 60.7 Å². The van der Waals surface area contributed by atoms with E-state index in [-0.39, 0.29) is 28.2 Å². The number of non-ortho nitro benzene ring substituents is 1. The van der Waals surface area contributed by atoms with Gasteiger partial charge < -0.3 is 5.32 Å². The van der Waals surface area contributed by atoms with E-state index in [0.29, 0.717) is 15.6 Å². The monoisotopic (exact) mass is 678 g/mol. The number of aromatic nitrogens is 1. The van der Waals surface area contributed by atoms with Crippen molar-refractivity contribution in [3.05, 3.63) is 127 Å². The van der Waals surface area contributed by atoms with Crippen molar-refractivity contribution in [2.24, 2.45) is 5.92 Å². The summed E-state index contributed by atoms with van der Waals surface area (Å²) in [5, 5.41) is 15.6. The molecule has 3 unspecified atom stereocenters. The third-order valence-electron chi connectivity index (χ3n) is 8.87. The van der Waals surface area contributed by atoms with E-state index >= 15 is 0 Å². The third kappa shape index (κ3) is 5.40. The molecule has 10 nitrogen and oxygen atoms in total. The van der Waals surface area contributed by atoms with Crippen LogP contribution < -0.4 is 15.1 Å². The number of carbonyl (C=O) groups excluding carboxylic acids is 3. The first kappa shape index (κ1) is 31.5. The summed E-state index contributed by atoms with van der Waals surface area (Å²) in [6.07, 6.45) is 0. The van der Waals surface area contributed by atoms with Crippen molar-refractivity contribution in [3.8, 4) is 0 Å². The van der Waals surface area contributed by atoms with Crippen molar-refractivity contribution < 1.29 is 19.3 Å². The normalized spacial score (nSPS) is 18.9. The van der Waals surface area contributed by atoms with Crippen molar-refractivity contribution in [2.75, 3.05) is 10.2 Å². The smallest absolute Gasteiger partial charge is 0.308 e. The summed E-state index contributed by atoms with van der Waals surface area (Å²) in [7, 11) is 0. The van der Waals surface area contributed by atoms with Gasteiger partial charge in [-0.1, -0.05) is 105 Å². The topological polar surface area (TPSA) is 132 Å². The SMILES string of the molecule is CC(C)(C)c1ccc(C2c3sc(=O)n(CC(=O)Nc4cccc5ccccc45)c3SC3C(=O)N(c4ccc([N+](=O)[O-])cc4)C(=O)C32)cc1. The predicted molar refractivity (Wildman–Crippen MR) is 187 cm³/mol. The number of rotatable bonds is 6. The van der Waals surface area contributed by atoms with Crippen LogP contribution in [-0.4, -0.2) is 32.5 Å². The van der Waals surface area contributed by atoms with Crippen LogP contribution in [0.25, 0.3) is 10.8 Å². The molecule has 1 aromatic heterocycles. The van der Waals surface area contributed by atoms with E-state index in [0.717, 1.165) is 49.9 Å². The summed E-state index contributed by atoms with van der Waals surface area (Å²) in [4.78, 5) is 67.3. The summed E-state index contributed by atoms with van der Waals surface area (Å²) < 4.78 is 1.39. The minimum Gasteiger partial charge on any atom is -0.324 e. The first-order valence-electron chi connectivity index (χ1n) is 15.3. The van der Waals surface area contributed by atoms with Gasteiger partial charge in [-0.15, -0.1) is 0 Å². The van der Waals surface area contributed by atoms with Crippen LogP contribution in [0, 0.1) is 16.0 Å². The van der Waals surface area contributed by atoms with Crippen LogP contribution in [0.2, 0.25) is 0 Å². The number of nitro benzene ring substituents is 1. The van der Waals surface area contributed by atoms with Crippen molar-refractivity contribution in [1.82, 2.24) is 4.57 Å². The van der Waals surface area contributed by atoms with E-state index in [9.17, 15) is 29.3 Å². The highest BCUT2D eigenvalue weighted by atomic mass is 32.2. The van der Waals surface area contributed by atoms with E-state index < -0.39 is 39.7 Å². The molecule has 1 fully saturated rings. The molecule has 0 spiro atoms. The Labute approximate surface area is 283 Å². The Hall–Kier alpha value is -5.07. The minimum atomic E-state index is -0.881. The Kier molecular flexibility index (Phi) is 7.80. The summed E-state index contributed by atoms with van der Waals surface area (Å²) in [5.41, 5.74) is 2.45. The number of hydrogen-bond acceptors (Lipinski definition) is 8. The molecule has 7 rings (SSSR count). The molecular weight excluding hydrogens is 649 g/mol. The van der Waals surface area contributed by atoms with Crippen molar-refractivity contribution in [1.29, 1.82) is 0 Å². The molecule has 2 aliphatic heterocycles. The lowest BCUT2D eigenvalue weighted by Crippen LogP contribution is -2.33. The zero-order chi connectivity index (χ0) is 33.9. The highest BCUT2D eigenvalue weighted by molar-refractivity contribution is 8.00. The maximum atomic E-state index is 14.2. The summed E-state index contributed by atoms with van der Waals surface area (Å²) >= 11 is 2.11. The molecule has 2 aliphatic rings. The standard InChI is InChI=1S/C36H30N4O6S2/c1-36(2,3)22-13-11-21(12-14-22)28-29-30(33(43)39(32(29)42)23-15-17-24(18-16-23)40(45)46)47-34-31(28)48-35(44)38(34)19-27(41)37-26-10-6-8-20-7-4-5-9-25(20)26/h4-18,28-30H,19H2,1-3H3,(H,37,41). The van der Waals surface area contributed by atoms with Crippen molar-refractivity contribution in [3.63, 3.8) is 0 Å². The lowest BCUT2D eigenvalue weighted by atomic mass is 9.81. The van der Waals surface area contributed by atoms with Gasteiger partial charge in [0, 0.05) is 34.0 Å². The third-order valence-corrected chi connectivity index (χ3v) is 11.5. The molecule has 0 bridgehead atoms. The lowest BCUT2D eigenvalue weighted by molar-refractivity contribution is -0.384. The Morgan fingerprint density at radius 1 is 0.896 bits per heavy atom. The van der Waals surface area contributed by atoms with Crippen molar-refractivity contribution in [2.45, 2.75) is 48.9 Å². The van der Waals surface area contributed by atoms with Gasteiger partial charge >= 0.3 is 4.87 Å². The van der Waals surface area contributed by atoms with Gasteiger partial charge in [-0.25, -0.2) is 4.90 Å². The number of nitro groups is 1. The average molecular weight is 679 g/mol. The first-order valence-corrected chi connectivity index (χ1v) is 17.0. The van der Waals surface area contributed by atoms with Crippen LogP contribution in [0.5, 0.6) is 0 Å². The molecule has 3 heterocycles. The van der Waals surface area contributed by atoms with E-state index in [4.69, 9.17) is 0 Å². The van der Waals surface area contributed by atoms with Gasteiger partial charge in [0.1, 0.15) is 11.8 Å². The van der Waals surface area contributed by atoms with Gasteiger partial charge in [0.2, 0.25) is 17.7 Å². The molecule has 1 N–H and O–H groups in total. The second-order valence-electron chi connectivity index (χ2n) is 12.9. The molecule has 0 aliphatic carbocycles. The molecule has 5 aromatic rings. The number of fused-ring (bicyclic) bond motifs is 3. The van der Waals surface area contributed by atoms with Crippen LogP contribution in [0.3, 0.4) is 0 Å². The number of anilines is 2. The number of hydrogen-bond donors (Lipinski definition) is 1. The molecule has 0 radical (unpaired) electrons. The second-order valence-corrected chi connectivity index (χ2v) is 15.0. The van der Waals surface area contributed by atoms with Crippen LogP contribution >= 0.6 is 23.1 Å². The van der Waals surface area contributed by atoms with Crippen LogP contribution in [-0.2, 0) is 26.3 Å². The number of benzene rings is 4. The molecule has 3 atom stereocenters. The van der Waals surface area contributed by atoms with Gasteiger partial charge in [0.05, 0.1) is 21.6 Å². The number of imide groups is 1. The Bertz CT molecular complexity index is 2180. The summed E-state index contributed by atoms with van der Waals surface area (Å²) in [6, 6.07) is 26.5. The number of thioether (sulfide) groups is 1. The zero-order valence-electron chi connectivity index (χ0n) is 26.2. The maximum absolute atomic E-state index is 14.2. The molecule has 4 aromatic carbocycles. The van der Waals surface area contributed by atoms with E-state index in [1.165, 1.54) is 28.8 Å². The average Bonchev–Trinajstić information content (AvgIpc) is 3.50. The number of carbonyl (C=O) groups is 3. The zero-order valence-corrected chi connectivity index (χ0v) is 27.8. The fraction of sp³-hybridized carbons (Fsp3) is 0.222. The fourth-order valence-electron chi connectivity index (χ4n) is 6.45. The van der Waals surface area contributed by atoms with Gasteiger partial charge in [0.15, 0.2) is 0 Å². The summed E-state index contributed by atoms with van der Waals surface area (Å²) in [5.74, 6) is -2.77. The lowest BCUT2D eigenvalue weighted by Gasteiger charge is -2.31. The van der Waals surface area contributed by atoms with E-state index in [2.05, 4.69) is 26.1 Å². The molecular formula is C36H30N4O6S2. The molecule has 1 saturated heterocycles. The van der Waals surface area contributed by atoms with Gasteiger partial charge in [-0.05, 0) is 40.1 Å². The Balaban J connectivity index is 1.28. The van der Waals surface area contributed by atoms with Gasteiger partial charge in [-0.3, -0.25) is 33.9 Å². The largest absolute Gasteiger partial charge is 0.324 e. The minimum absolute atomic E-state index is 0.119. The van der Waals surface area contributed by atoms with Crippen molar-refractivity contribution >= 4 is 68.7 Å². The molecule has 0 saturated carbocycles. The van der Waals surface area contributed by atoms with E-state index in [1.54, 1.807) is 6.07 Å². The van der Waals surface area contributed by atoms with Gasteiger partial charge in [-0.2, -0.15) is 0 Å². The Morgan fingerprint density at radius 2 is 1.58 bits per heavy atom. The molecule has 242 valence electrons. The maximum Gasteiger partial charge on any atom is 0.308 e. The Morgan fingerprint density at radius 3 is 2.27 bits per heavy atom. The number of nitrogens with zero attached hydrogens (tertiary/aromatic N) is 3. The molecule has 12 heteroatoms. The second kappa shape index (κ2) is 11.9. The highest BCUT2D eigenvalue weighted by Crippen LogP contribution is 2.54. The van der Waals surface area contributed by atoms with Crippen LogP contribution in [0.15, 0.2) is 101 Å². The first-order chi connectivity index (χ1) is 22.9. The quantitative estimate of drug-likeness (QED) is 0.120. The molecule has 3 amide bonds.